The molecular weight excluding hydrogens is 375 g/mol. The predicted molar refractivity (Wildman–Crippen MR) is 97.2 cm³/mol. The van der Waals surface area contributed by atoms with Gasteiger partial charge in [0.05, 0.1) is 14.2 Å². The number of hydrogen-bond donors (Lipinski definition) is 0. The SMILES string of the molecule is COc1ccc(OC)c(S(=O)(=O)N2C[C@@H](F)C[C@H]2C(=O)N2CCCCC2)c1. The molecule has 0 aromatic heterocycles. The number of sulfonamides is 1. The number of alkyl halides is 1. The Hall–Kier alpha value is -1.87. The summed E-state index contributed by atoms with van der Waals surface area (Å²) in [7, 11) is -1.35. The Morgan fingerprint density at radius 2 is 1.85 bits per heavy atom. The maximum atomic E-state index is 14.2. The summed E-state index contributed by atoms with van der Waals surface area (Å²) in [6.07, 6.45) is 1.31. The van der Waals surface area contributed by atoms with Crippen LogP contribution in [0.25, 0.3) is 0 Å². The Kier molecular flexibility index (Phi) is 5.90. The summed E-state index contributed by atoms with van der Waals surface area (Å²) in [5, 5.41) is 0. The van der Waals surface area contributed by atoms with Crippen molar-refractivity contribution in [2.75, 3.05) is 33.9 Å². The van der Waals surface area contributed by atoms with Gasteiger partial charge in [0.15, 0.2) is 0 Å². The van der Waals surface area contributed by atoms with E-state index >= 15 is 0 Å². The van der Waals surface area contributed by atoms with Crippen LogP contribution in [0.5, 0.6) is 11.5 Å². The van der Waals surface area contributed by atoms with E-state index < -0.39 is 22.2 Å². The lowest BCUT2D eigenvalue weighted by molar-refractivity contribution is -0.135. The molecule has 3 rings (SSSR count). The second-order valence-corrected chi connectivity index (χ2v) is 8.69. The summed E-state index contributed by atoms with van der Waals surface area (Å²) in [5.41, 5.74) is 0. The molecule has 0 saturated carbocycles. The van der Waals surface area contributed by atoms with Gasteiger partial charge in [-0.15, -0.1) is 0 Å². The molecule has 0 unspecified atom stereocenters. The summed E-state index contributed by atoms with van der Waals surface area (Å²) in [6, 6.07) is 3.37. The number of benzene rings is 1. The number of hydrogen-bond acceptors (Lipinski definition) is 5. The number of amides is 1. The highest BCUT2D eigenvalue weighted by Gasteiger charge is 2.46. The third-order valence-electron chi connectivity index (χ3n) is 5.11. The van der Waals surface area contributed by atoms with Gasteiger partial charge in [-0.25, -0.2) is 12.8 Å². The van der Waals surface area contributed by atoms with Crippen LogP contribution in [0.3, 0.4) is 0 Å². The second kappa shape index (κ2) is 8.02. The lowest BCUT2D eigenvalue weighted by atomic mass is 10.1. The van der Waals surface area contributed by atoms with Crippen molar-refractivity contribution in [3.8, 4) is 11.5 Å². The molecule has 0 radical (unpaired) electrons. The number of methoxy groups -OCH3 is 2. The van der Waals surface area contributed by atoms with E-state index in [0.29, 0.717) is 18.8 Å². The van der Waals surface area contributed by atoms with Gasteiger partial charge in [0, 0.05) is 32.1 Å². The molecule has 2 aliphatic heterocycles. The van der Waals surface area contributed by atoms with E-state index in [1.165, 1.54) is 26.4 Å². The van der Waals surface area contributed by atoms with Crippen LogP contribution in [0.1, 0.15) is 25.7 Å². The third-order valence-corrected chi connectivity index (χ3v) is 7.01. The number of piperidine rings is 1. The first-order chi connectivity index (χ1) is 12.9. The normalized spacial score (nSPS) is 24.0. The number of ether oxygens (including phenoxy) is 2. The van der Waals surface area contributed by atoms with Crippen molar-refractivity contribution in [1.29, 1.82) is 0 Å². The fourth-order valence-electron chi connectivity index (χ4n) is 3.68. The Bertz CT molecular complexity index is 795. The van der Waals surface area contributed by atoms with Crippen molar-refractivity contribution in [2.45, 2.75) is 42.8 Å². The molecule has 0 bridgehead atoms. The monoisotopic (exact) mass is 400 g/mol. The molecule has 27 heavy (non-hydrogen) atoms. The summed E-state index contributed by atoms with van der Waals surface area (Å²) in [4.78, 5) is 14.4. The molecular formula is C18H25FN2O5S. The first-order valence-electron chi connectivity index (χ1n) is 9.05. The van der Waals surface area contributed by atoms with E-state index in [9.17, 15) is 17.6 Å². The quantitative estimate of drug-likeness (QED) is 0.754. The average molecular weight is 400 g/mol. The number of likely N-dealkylation sites (tertiary alicyclic amines) is 1. The second-order valence-electron chi connectivity index (χ2n) is 6.83. The van der Waals surface area contributed by atoms with Crippen LogP contribution in [-0.4, -0.2) is 69.6 Å². The first kappa shape index (κ1) is 19.9. The Labute approximate surface area is 159 Å². The molecule has 0 spiro atoms. The van der Waals surface area contributed by atoms with E-state index in [1.54, 1.807) is 11.0 Å². The van der Waals surface area contributed by atoms with Crippen molar-refractivity contribution in [3.05, 3.63) is 18.2 Å². The Balaban J connectivity index is 1.95. The molecule has 2 atom stereocenters. The molecule has 0 aliphatic carbocycles. The van der Waals surface area contributed by atoms with Crippen molar-refractivity contribution >= 4 is 15.9 Å². The smallest absolute Gasteiger partial charge is 0.247 e. The third kappa shape index (κ3) is 3.89. The van der Waals surface area contributed by atoms with Gasteiger partial charge in [-0.2, -0.15) is 4.31 Å². The minimum atomic E-state index is -4.14. The van der Waals surface area contributed by atoms with Crippen molar-refractivity contribution in [1.82, 2.24) is 9.21 Å². The minimum absolute atomic E-state index is 0.124. The van der Waals surface area contributed by atoms with Gasteiger partial charge in [0.25, 0.3) is 0 Å². The highest BCUT2D eigenvalue weighted by atomic mass is 32.2. The van der Waals surface area contributed by atoms with Gasteiger partial charge in [0.2, 0.25) is 15.9 Å². The van der Waals surface area contributed by atoms with Crippen LogP contribution < -0.4 is 9.47 Å². The van der Waals surface area contributed by atoms with Crippen LogP contribution >= 0.6 is 0 Å². The fraction of sp³-hybridized carbons (Fsp3) is 0.611. The summed E-state index contributed by atoms with van der Waals surface area (Å²) >= 11 is 0. The van der Waals surface area contributed by atoms with Crippen LogP contribution in [-0.2, 0) is 14.8 Å². The molecule has 2 saturated heterocycles. The van der Waals surface area contributed by atoms with Crippen molar-refractivity contribution in [3.63, 3.8) is 0 Å². The lowest BCUT2D eigenvalue weighted by Crippen LogP contribution is -2.49. The van der Waals surface area contributed by atoms with Crippen molar-refractivity contribution in [2.24, 2.45) is 0 Å². The van der Waals surface area contributed by atoms with Gasteiger partial charge >= 0.3 is 0 Å². The number of carbonyl (C=O) groups is 1. The van der Waals surface area contributed by atoms with Gasteiger partial charge in [0.1, 0.15) is 28.6 Å². The highest BCUT2D eigenvalue weighted by molar-refractivity contribution is 7.89. The topological polar surface area (TPSA) is 76.1 Å². The van der Waals surface area contributed by atoms with Crippen LogP contribution in [0.15, 0.2) is 23.1 Å². The van der Waals surface area contributed by atoms with Crippen molar-refractivity contribution < 1.29 is 27.1 Å². The largest absolute Gasteiger partial charge is 0.497 e. The van der Waals surface area contributed by atoms with Gasteiger partial charge in [-0.05, 0) is 31.4 Å². The molecule has 1 amide bonds. The molecule has 2 heterocycles. The highest BCUT2D eigenvalue weighted by Crippen LogP contribution is 2.35. The first-order valence-corrected chi connectivity index (χ1v) is 10.5. The number of nitrogens with zero attached hydrogens (tertiary/aromatic N) is 2. The molecule has 1 aromatic rings. The maximum absolute atomic E-state index is 14.2. The van der Waals surface area contributed by atoms with Gasteiger partial charge in [-0.1, -0.05) is 0 Å². The van der Waals surface area contributed by atoms with Crippen LogP contribution in [0.4, 0.5) is 4.39 Å². The molecule has 9 heteroatoms. The molecule has 150 valence electrons. The van der Waals surface area contributed by atoms with E-state index in [-0.39, 0.29) is 29.5 Å². The molecule has 1 aromatic carbocycles. The zero-order chi connectivity index (χ0) is 19.6. The van der Waals surface area contributed by atoms with Crippen LogP contribution in [0.2, 0.25) is 0 Å². The van der Waals surface area contributed by atoms with E-state index in [4.69, 9.17) is 9.47 Å². The molecule has 7 nitrogen and oxygen atoms in total. The minimum Gasteiger partial charge on any atom is -0.497 e. The fourth-order valence-corrected chi connectivity index (χ4v) is 5.48. The molecule has 0 N–H and O–H groups in total. The zero-order valence-corrected chi connectivity index (χ0v) is 16.4. The number of rotatable bonds is 5. The summed E-state index contributed by atoms with van der Waals surface area (Å²) < 4.78 is 52.0. The Morgan fingerprint density at radius 3 is 2.48 bits per heavy atom. The zero-order valence-electron chi connectivity index (χ0n) is 15.6. The van der Waals surface area contributed by atoms with Crippen LogP contribution in [0, 0.1) is 0 Å². The van der Waals surface area contributed by atoms with Gasteiger partial charge in [-0.3, -0.25) is 4.79 Å². The number of halogens is 1. The van der Waals surface area contributed by atoms with E-state index in [1.807, 2.05) is 0 Å². The van der Waals surface area contributed by atoms with E-state index in [0.717, 1.165) is 23.6 Å². The Morgan fingerprint density at radius 1 is 1.15 bits per heavy atom. The standard InChI is InChI=1S/C18H25FN2O5S/c1-25-14-6-7-16(26-2)17(11-14)27(23,24)21-12-13(19)10-15(21)18(22)20-8-4-3-5-9-20/h6-7,11,13,15H,3-5,8-10,12H2,1-2H3/t13-,15-/m0/s1. The molecule has 2 aliphatic rings. The summed E-state index contributed by atoms with van der Waals surface area (Å²) in [5.74, 6) is 0.145. The van der Waals surface area contributed by atoms with E-state index in [2.05, 4.69) is 0 Å². The molecule has 2 fully saturated rings. The lowest BCUT2D eigenvalue weighted by Gasteiger charge is -2.32. The number of carbonyl (C=O) groups excluding carboxylic acids is 1. The predicted octanol–water partition coefficient (Wildman–Crippen LogP) is 1.82. The maximum Gasteiger partial charge on any atom is 0.247 e. The van der Waals surface area contributed by atoms with Gasteiger partial charge < -0.3 is 14.4 Å². The summed E-state index contributed by atoms with van der Waals surface area (Å²) in [6.45, 7) is 0.832. The average Bonchev–Trinajstić information content (AvgIpc) is 3.10.